The van der Waals surface area contributed by atoms with Gasteiger partial charge in [0, 0.05) is 6.54 Å². The monoisotopic (exact) mass is 235 g/mol. The van der Waals surface area contributed by atoms with Crippen molar-refractivity contribution in [2.75, 3.05) is 13.1 Å². The fourth-order valence-electron chi connectivity index (χ4n) is 1.99. The predicted molar refractivity (Wildman–Crippen MR) is 58.0 cm³/mol. The average molecular weight is 235 g/mol. The number of aromatic nitrogens is 2. The number of rotatable bonds is 2. The summed E-state index contributed by atoms with van der Waals surface area (Å²) in [7, 11) is 0. The van der Waals surface area contributed by atoms with Gasteiger partial charge in [-0.15, -0.1) is 0 Å². The van der Waals surface area contributed by atoms with Crippen LogP contribution in [0.3, 0.4) is 0 Å². The van der Waals surface area contributed by atoms with Gasteiger partial charge in [-0.05, 0) is 25.5 Å². The highest BCUT2D eigenvalue weighted by atomic mass is 16.5. The molecular formula is C11H13N3O3. The SMILES string of the molecule is OC1(c2nc(-c3ccoc3)no2)CCCNC1. The molecule has 0 amide bonds. The Morgan fingerprint density at radius 3 is 3.12 bits per heavy atom. The summed E-state index contributed by atoms with van der Waals surface area (Å²) in [6.45, 7) is 1.35. The summed E-state index contributed by atoms with van der Waals surface area (Å²) in [6.07, 6.45) is 4.60. The number of nitrogens with one attached hydrogen (secondary N) is 1. The quantitative estimate of drug-likeness (QED) is 0.804. The minimum atomic E-state index is -1.05. The number of nitrogens with zero attached hydrogens (tertiary/aromatic N) is 2. The largest absolute Gasteiger partial charge is 0.472 e. The normalized spacial score (nSPS) is 25.0. The molecule has 6 nitrogen and oxygen atoms in total. The van der Waals surface area contributed by atoms with E-state index in [0.29, 0.717) is 18.8 Å². The zero-order valence-corrected chi connectivity index (χ0v) is 9.22. The summed E-state index contributed by atoms with van der Waals surface area (Å²) >= 11 is 0. The molecule has 2 aromatic heterocycles. The Morgan fingerprint density at radius 2 is 2.41 bits per heavy atom. The van der Waals surface area contributed by atoms with E-state index < -0.39 is 5.60 Å². The average Bonchev–Trinajstić information content (AvgIpc) is 3.01. The Hall–Kier alpha value is -1.66. The lowest BCUT2D eigenvalue weighted by Crippen LogP contribution is -2.43. The van der Waals surface area contributed by atoms with Crippen LogP contribution in [0.5, 0.6) is 0 Å². The maximum atomic E-state index is 10.4. The van der Waals surface area contributed by atoms with Crippen molar-refractivity contribution in [1.82, 2.24) is 15.5 Å². The molecule has 1 atom stereocenters. The molecule has 1 saturated heterocycles. The molecule has 2 N–H and O–H groups in total. The van der Waals surface area contributed by atoms with Crippen LogP contribution in [0.15, 0.2) is 27.5 Å². The Morgan fingerprint density at radius 1 is 1.47 bits per heavy atom. The fraction of sp³-hybridized carbons (Fsp3) is 0.455. The summed E-state index contributed by atoms with van der Waals surface area (Å²) in [6, 6.07) is 1.75. The van der Waals surface area contributed by atoms with Crippen molar-refractivity contribution in [3.63, 3.8) is 0 Å². The second kappa shape index (κ2) is 3.97. The van der Waals surface area contributed by atoms with Crippen molar-refractivity contribution < 1.29 is 14.0 Å². The molecule has 0 aliphatic carbocycles. The molecule has 0 radical (unpaired) electrons. The molecule has 2 aromatic rings. The molecule has 0 spiro atoms. The van der Waals surface area contributed by atoms with Gasteiger partial charge in [0.2, 0.25) is 5.82 Å². The Bertz CT molecular complexity index is 486. The minimum Gasteiger partial charge on any atom is -0.472 e. The Kier molecular flexibility index (Phi) is 2.45. The van der Waals surface area contributed by atoms with Crippen LogP contribution < -0.4 is 5.32 Å². The first kappa shape index (κ1) is 10.5. The van der Waals surface area contributed by atoms with Crippen LogP contribution in [0.4, 0.5) is 0 Å². The van der Waals surface area contributed by atoms with Gasteiger partial charge in [-0.1, -0.05) is 5.16 Å². The highest BCUT2D eigenvalue weighted by molar-refractivity contribution is 5.51. The van der Waals surface area contributed by atoms with Crippen LogP contribution in [0.25, 0.3) is 11.4 Å². The molecule has 0 saturated carbocycles. The van der Waals surface area contributed by atoms with E-state index in [-0.39, 0.29) is 5.89 Å². The van der Waals surface area contributed by atoms with Crippen LogP contribution in [0.1, 0.15) is 18.7 Å². The fourth-order valence-corrected chi connectivity index (χ4v) is 1.99. The molecule has 1 aliphatic rings. The van der Waals surface area contributed by atoms with Gasteiger partial charge < -0.3 is 19.4 Å². The van der Waals surface area contributed by atoms with Gasteiger partial charge in [-0.3, -0.25) is 0 Å². The molecule has 3 heterocycles. The first-order valence-electron chi connectivity index (χ1n) is 5.58. The molecular weight excluding hydrogens is 222 g/mol. The van der Waals surface area contributed by atoms with Crippen molar-refractivity contribution in [3.05, 3.63) is 24.5 Å². The van der Waals surface area contributed by atoms with Gasteiger partial charge in [0.25, 0.3) is 5.89 Å². The third-order valence-corrected chi connectivity index (χ3v) is 2.96. The molecule has 1 fully saturated rings. The highest BCUT2D eigenvalue weighted by Crippen LogP contribution is 2.28. The summed E-state index contributed by atoms with van der Waals surface area (Å²) < 4.78 is 10.1. The maximum absolute atomic E-state index is 10.4. The van der Waals surface area contributed by atoms with Crippen molar-refractivity contribution >= 4 is 0 Å². The second-order valence-electron chi connectivity index (χ2n) is 4.25. The first-order valence-corrected chi connectivity index (χ1v) is 5.58. The molecule has 1 unspecified atom stereocenters. The summed E-state index contributed by atoms with van der Waals surface area (Å²) in [4.78, 5) is 4.22. The van der Waals surface area contributed by atoms with E-state index in [1.54, 1.807) is 12.3 Å². The summed E-state index contributed by atoms with van der Waals surface area (Å²) in [5.41, 5.74) is -0.305. The van der Waals surface area contributed by atoms with Crippen LogP contribution in [-0.2, 0) is 5.60 Å². The van der Waals surface area contributed by atoms with Gasteiger partial charge in [-0.25, -0.2) is 0 Å². The van der Waals surface area contributed by atoms with Crippen molar-refractivity contribution in [2.24, 2.45) is 0 Å². The van der Waals surface area contributed by atoms with E-state index >= 15 is 0 Å². The van der Waals surface area contributed by atoms with Crippen molar-refractivity contribution in [1.29, 1.82) is 0 Å². The smallest absolute Gasteiger partial charge is 0.260 e. The lowest BCUT2D eigenvalue weighted by Gasteiger charge is -2.28. The number of aliphatic hydroxyl groups is 1. The number of hydrogen-bond acceptors (Lipinski definition) is 6. The van der Waals surface area contributed by atoms with Crippen LogP contribution >= 0.6 is 0 Å². The van der Waals surface area contributed by atoms with Gasteiger partial charge in [0.1, 0.15) is 6.26 Å². The summed E-state index contributed by atoms with van der Waals surface area (Å²) in [5.74, 6) is 0.702. The van der Waals surface area contributed by atoms with Crippen LogP contribution in [0, 0.1) is 0 Å². The third kappa shape index (κ3) is 1.85. The Labute approximate surface area is 97.6 Å². The van der Waals surface area contributed by atoms with Gasteiger partial charge >= 0.3 is 0 Å². The standard InChI is InChI=1S/C11H13N3O3/c15-11(3-1-4-12-7-11)10-13-9(14-17-10)8-2-5-16-6-8/h2,5-6,12,15H,1,3-4,7H2. The molecule has 3 rings (SSSR count). The zero-order valence-electron chi connectivity index (χ0n) is 9.22. The highest BCUT2D eigenvalue weighted by Gasteiger charge is 2.37. The molecule has 0 bridgehead atoms. The van der Waals surface area contributed by atoms with Gasteiger partial charge in [-0.2, -0.15) is 4.98 Å². The Balaban J connectivity index is 1.89. The minimum absolute atomic E-state index is 0.265. The topological polar surface area (TPSA) is 84.3 Å². The predicted octanol–water partition coefficient (Wildman–Crippen LogP) is 0.901. The lowest BCUT2D eigenvalue weighted by molar-refractivity contribution is -0.0167. The number of β-amino-alcohol motifs (C(OH)–C–C–N with tert-alkyl or cyclic N) is 1. The first-order chi connectivity index (χ1) is 8.28. The third-order valence-electron chi connectivity index (χ3n) is 2.96. The van der Waals surface area contributed by atoms with Crippen molar-refractivity contribution in [2.45, 2.75) is 18.4 Å². The van der Waals surface area contributed by atoms with Crippen LogP contribution in [-0.4, -0.2) is 28.3 Å². The number of furan rings is 1. The van der Waals surface area contributed by atoms with E-state index in [1.807, 2.05) is 0 Å². The molecule has 17 heavy (non-hydrogen) atoms. The van der Waals surface area contributed by atoms with E-state index in [9.17, 15) is 5.11 Å². The van der Waals surface area contributed by atoms with E-state index in [2.05, 4.69) is 15.5 Å². The van der Waals surface area contributed by atoms with E-state index in [4.69, 9.17) is 8.94 Å². The van der Waals surface area contributed by atoms with E-state index in [1.165, 1.54) is 6.26 Å². The lowest BCUT2D eigenvalue weighted by atomic mass is 9.94. The molecule has 0 aromatic carbocycles. The zero-order chi connectivity index (χ0) is 11.7. The number of hydrogen-bond donors (Lipinski definition) is 2. The van der Waals surface area contributed by atoms with Crippen LogP contribution in [0.2, 0.25) is 0 Å². The number of piperidine rings is 1. The van der Waals surface area contributed by atoms with Gasteiger partial charge in [0.05, 0.1) is 11.8 Å². The second-order valence-corrected chi connectivity index (χ2v) is 4.25. The molecule has 6 heteroatoms. The van der Waals surface area contributed by atoms with E-state index in [0.717, 1.165) is 18.5 Å². The van der Waals surface area contributed by atoms with Crippen molar-refractivity contribution in [3.8, 4) is 11.4 Å². The van der Waals surface area contributed by atoms with Gasteiger partial charge in [0.15, 0.2) is 5.60 Å². The summed E-state index contributed by atoms with van der Waals surface area (Å²) in [5, 5.41) is 17.3. The molecule has 1 aliphatic heterocycles. The maximum Gasteiger partial charge on any atom is 0.260 e. The molecule has 90 valence electrons.